The van der Waals surface area contributed by atoms with E-state index in [1.54, 1.807) is 0 Å². The van der Waals surface area contributed by atoms with Gasteiger partial charge in [-0.2, -0.15) is 0 Å². The van der Waals surface area contributed by atoms with Crippen LogP contribution >= 0.6 is 0 Å². The van der Waals surface area contributed by atoms with Crippen molar-refractivity contribution >= 4 is 6.29 Å². The average molecular weight is 254 g/mol. The van der Waals surface area contributed by atoms with Crippen LogP contribution in [0.3, 0.4) is 0 Å². The van der Waals surface area contributed by atoms with Crippen LogP contribution in [0.25, 0.3) is 0 Å². The number of nitrogens with zero attached hydrogens (tertiary/aromatic N) is 1. The van der Waals surface area contributed by atoms with Gasteiger partial charge in [-0.25, -0.2) is 0 Å². The summed E-state index contributed by atoms with van der Waals surface area (Å²) in [6.45, 7) is 3.66. The van der Waals surface area contributed by atoms with E-state index in [4.69, 9.17) is 5.73 Å². The first-order valence-corrected chi connectivity index (χ1v) is 7.74. The second-order valence-corrected chi connectivity index (χ2v) is 5.61. The molecule has 1 heterocycles. The third kappa shape index (κ3) is 7.83. The molecule has 0 aliphatic carbocycles. The quantitative estimate of drug-likeness (QED) is 0.481. The van der Waals surface area contributed by atoms with E-state index in [-0.39, 0.29) is 0 Å². The van der Waals surface area contributed by atoms with Gasteiger partial charge in [0, 0.05) is 12.5 Å². The molecular weight excluding hydrogens is 224 g/mol. The molecule has 0 unspecified atom stereocenters. The third-order valence-electron chi connectivity index (χ3n) is 3.93. The van der Waals surface area contributed by atoms with E-state index in [0.29, 0.717) is 6.04 Å². The van der Waals surface area contributed by atoms with Crippen LogP contribution in [0.2, 0.25) is 0 Å². The zero-order chi connectivity index (χ0) is 13.1. The molecule has 0 radical (unpaired) electrons. The molecule has 0 amide bonds. The molecule has 3 nitrogen and oxygen atoms in total. The van der Waals surface area contributed by atoms with E-state index in [2.05, 4.69) is 4.90 Å². The second kappa shape index (κ2) is 10.5. The molecule has 1 aliphatic rings. The van der Waals surface area contributed by atoms with Crippen molar-refractivity contribution in [2.45, 2.75) is 70.3 Å². The SMILES string of the molecule is NC1CCN(CCCCCCCCCC=O)CC1. The summed E-state index contributed by atoms with van der Waals surface area (Å²) in [6.07, 6.45) is 13.1. The summed E-state index contributed by atoms with van der Waals surface area (Å²) in [7, 11) is 0. The Hall–Kier alpha value is -0.410. The number of rotatable bonds is 10. The van der Waals surface area contributed by atoms with Gasteiger partial charge in [0.2, 0.25) is 0 Å². The molecule has 0 aromatic rings. The minimum atomic E-state index is 0.451. The summed E-state index contributed by atoms with van der Waals surface area (Å²) in [5.74, 6) is 0. The first kappa shape index (κ1) is 15.6. The van der Waals surface area contributed by atoms with Crippen molar-refractivity contribution in [2.75, 3.05) is 19.6 Å². The van der Waals surface area contributed by atoms with Crippen LogP contribution in [0, 0.1) is 0 Å². The van der Waals surface area contributed by atoms with Gasteiger partial charge in [0.25, 0.3) is 0 Å². The number of piperidine rings is 1. The highest BCUT2D eigenvalue weighted by Crippen LogP contribution is 2.11. The highest BCUT2D eigenvalue weighted by molar-refractivity contribution is 5.48. The number of hydrogen-bond donors (Lipinski definition) is 1. The standard InChI is InChI=1S/C15H30N2O/c16-15-9-12-17(13-10-15)11-7-5-3-1-2-4-6-8-14-18/h14-15H,1-13,16H2. The van der Waals surface area contributed by atoms with Crippen molar-refractivity contribution in [3.63, 3.8) is 0 Å². The molecule has 18 heavy (non-hydrogen) atoms. The van der Waals surface area contributed by atoms with E-state index < -0.39 is 0 Å². The highest BCUT2D eigenvalue weighted by atomic mass is 16.1. The average Bonchev–Trinajstić information content (AvgIpc) is 2.39. The van der Waals surface area contributed by atoms with Crippen LogP contribution in [0.1, 0.15) is 64.2 Å². The van der Waals surface area contributed by atoms with Gasteiger partial charge in [-0.05, 0) is 45.3 Å². The first-order valence-electron chi connectivity index (χ1n) is 7.74. The Labute approximate surface area is 112 Å². The number of carbonyl (C=O) groups is 1. The smallest absolute Gasteiger partial charge is 0.119 e. The van der Waals surface area contributed by atoms with Crippen molar-refractivity contribution in [2.24, 2.45) is 5.73 Å². The molecule has 1 aliphatic heterocycles. The van der Waals surface area contributed by atoms with Crippen LogP contribution in [0.5, 0.6) is 0 Å². The van der Waals surface area contributed by atoms with Gasteiger partial charge < -0.3 is 15.4 Å². The van der Waals surface area contributed by atoms with Crippen LogP contribution in [-0.2, 0) is 4.79 Å². The maximum absolute atomic E-state index is 10.1. The molecule has 0 aromatic heterocycles. The summed E-state index contributed by atoms with van der Waals surface area (Å²) in [5.41, 5.74) is 5.89. The summed E-state index contributed by atoms with van der Waals surface area (Å²) in [5, 5.41) is 0. The fraction of sp³-hybridized carbons (Fsp3) is 0.933. The van der Waals surface area contributed by atoms with Crippen molar-refractivity contribution in [1.29, 1.82) is 0 Å². The molecule has 0 atom stereocenters. The van der Waals surface area contributed by atoms with Gasteiger partial charge >= 0.3 is 0 Å². The molecule has 2 N–H and O–H groups in total. The normalized spacial score (nSPS) is 18.1. The Kier molecular flexibility index (Phi) is 9.13. The molecule has 106 valence electrons. The second-order valence-electron chi connectivity index (χ2n) is 5.61. The topological polar surface area (TPSA) is 46.3 Å². The molecule has 0 aromatic carbocycles. The number of carbonyl (C=O) groups excluding carboxylic acids is 1. The fourth-order valence-corrected chi connectivity index (χ4v) is 2.62. The first-order chi connectivity index (χ1) is 8.83. The van der Waals surface area contributed by atoms with Crippen molar-refractivity contribution in [3.05, 3.63) is 0 Å². The van der Waals surface area contributed by atoms with Crippen LogP contribution in [0.4, 0.5) is 0 Å². The Balaban J connectivity index is 1.79. The highest BCUT2D eigenvalue weighted by Gasteiger charge is 2.14. The number of hydrogen-bond acceptors (Lipinski definition) is 3. The van der Waals surface area contributed by atoms with Gasteiger partial charge in [0.15, 0.2) is 0 Å². The molecule has 1 fully saturated rings. The summed E-state index contributed by atoms with van der Waals surface area (Å²) in [4.78, 5) is 12.7. The van der Waals surface area contributed by atoms with E-state index in [1.807, 2.05) is 0 Å². The van der Waals surface area contributed by atoms with Gasteiger partial charge in [-0.1, -0.05) is 32.1 Å². The molecule has 3 heteroatoms. The van der Waals surface area contributed by atoms with E-state index in [1.165, 1.54) is 71.0 Å². The van der Waals surface area contributed by atoms with Gasteiger partial charge in [-0.15, -0.1) is 0 Å². The molecule has 1 saturated heterocycles. The third-order valence-corrected chi connectivity index (χ3v) is 3.93. The maximum atomic E-state index is 10.1. The molecule has 0 spiro atoms. The van der Waals surface area contributed by atoms with Crippen LogP contribution < -0.4 is 5.73 Å². The van der Waals surface area contributed by atoms with Crippen LogP contribution in [-0.4, -0.2) is 36.9 Å². The largest absolute Gasteiger partial charge is 0.328 e. The lowest BCUT2D eigenvalue weighted by Gasteiger charge is -2.29. The Morgan fingerprint density at radius 2 is 1.50 bits per heavy atom. The molecule has 0 saturated carbocycles. The molecule has 0 bridgehead atoms. The summed E-state index contributed by atoms with van der Waals surface area (Å²) < 4.78 is 0. The molecular formula is C15H30N2O. The number of likely N-dealkylation sites (tertiary alicyclic amines) is 1. The Bertz CT molecular complexity index is 201. The zero-order valence-electron chi connectivity index (χ0n) is 11.8. The predicted octanol–water partition coefficient (Wildman–Crippen LogP) is 2.73. The number of unbranched alkanes of at least 4 members (excludes halogenated alkanes) is 7. The Morgan fingerprint density at radius 1 is 0.944 bits per heavy atom. The van der Waals surface area contributed by atoms with Crippen LogP contribution in [0.15, 0.2) is 0 Å². The van der Waals surface area contributed by atoms with E-state index in [0.717, 1.165) is 19.1 Å². The van der Waals surface area contributed by atoms with Gasteiger partial charge in [-0.3, -0.25) is 0 Å². The lowest BCUT2D eigenvalue weighted by molar-refractivity contribution is -0.107. The molecule has 1 rings (SSSR count). The van der Waals surface area contributed by atoms with Crippen molar-refractivity contribution in [1.82, 2.24) is 4.90 Å². The van der Waals surface area contributed by atoms with Crippen molar-refractivity contribution < 1.29 is 4.79 Å². The fourth-order valence-electron chi connectivity index (χ4n) is 2.62. The minimum Gasteiger partial charge on any atom is -0.328 e. The maximum Gasteiger partial charge on any atom is 0.119 e. The number of nitrogens with two attached hydrogens (primary N) is 1. The van der Waals surface area contributed by atoms with Crippen molar-refractivity contribution in [3.8, 4) is 0 Å². The van der Waals surface area contributed by atoms with Gasteiger partial charge in [0.05, 0.1) is 0 Å². The van der Waals surface area contributed by atoms with E-state index in [9.17, 15) is 4.79 Å². The lowest BCUT2D eigenvalue weighted by Crippen LogP contribution is -2.39. The number of aldehydes is 1. The van der Waals surface area contributed by atoms with Gasteiger partial charge in [0.1, 0.15) is 6.29 Å². The summed E-state index contributed by atoms with van der Waals surface area (Å²) in [6, 6.07) is 0.451. The predicted molar refractivity (Wildman–Crippen MR) is 76.6 cm³/mol. The Morgan fingerprint density at radius 3 is 2.11 bits per heavy atom. The summed E-state index contributed by atoms with van der Waals surface area (Å²) >= 11 is 0. The lowest BCUT2D eigenvalue weighted by atomic mass is 10.0. The minimum absolute atomic E-state index is 0.451. The monoisotopic (exact) mass is 254 g/mol. The zero-order valence-corrected chi connectivity index (χ0v) is 11.8. The van der Waals surface area contributed by atoms with E-state index >= 15 is 0 Å².